The van der Waals surface area contributed by atoms with Crippen molar-refractivity contribution in [1.82, 2.24) is 0 Å². The van der Waals surface area contributed by atoms with Crippen LogP contribution < -0.4 is 0 Å². The monoisotopic (exact) mass is 358 g/mol. The second kappa shape index (κ2) is 6.09. The molecule has 4 aliphatic carbocycles. The molecule has 0 amide bonds. The Bertz CT molecular complexity index is 655. The standard InChI is InChI=1S/C23H34O3/c1-6-22(24)11-9-19-20-15(2)13-16-14-23(25-4,26-5)12-8-17(16)18(20)7-10-21(19,22)3/h1,15,18-20,24H,7-14H2,2-5H3. The van der Waals surface area contributed by atoms with E-state index < -0.39 is 11.4 Å². The number of terminal acetylenes is 1. The van der Waals surface area contributed by atoms with Gasteiger partial charge in [0.05, 0.1) is 0 Å². The van der Waals surface area contributed by atoms with Crippen LogP contribution in [0.1, 0.15) is 65.2 Å². The largest absolute Gasteiger partial charge is 0.377 e. The molecule has 0 radical (unpaired) electrons. The predicted octanol–water partition coefficient (Wildman–Crippen LogP) is 4.30. The van der Waals surface area contributed by atoms with Gasteiger partial charge in [0.1, 0.15) is 5.60 Å². The summed E-state index contributed by atoms with van der Waals surface area (Å²) in [5, 5.41) is 11.1. The molecule has 0 aliphatic heterocycles. The summed E-state index contributed by atoms with van der Waals surface area (Å²) in [5.74, 6) is 4.86. The van der Waals surface area contributed by atoms with Crippen molar-refractivity contribution in [2.45, 2.75) is 76.6 Å². The molecule has 3 nitrogen and oxygen atoms in total. The van der Waals surface area contributed by atoms with Crippen LogP contribution >= 0.6 is 0 Å². The van der Waals surface area contributed by atoms with Gasteiger partial charge < -0.3 is 14.6 Å². The molecule has 0 aromatic heterocycles. The van der Waals surface area contributed by atoms with E-state index in [0.29, 0.717) is 23.7 Å². The van der Waals surface area contributed by atoms with E-state index in [1.54, 1.807) is 25.4 Å². The minimum absolute atomic E-state index is 0.118. The number of ether oxygens (including phenoxy) is 2. The fraction of sp³-hybridized carbons (Fsp3) is 0.826. The Kier molecular flexibility index (Phi) is 4.34. The molecule has 6 atom stereocenters. The van der Waals surface area contributed by atoms with Crippen molar-refractivity contribution in [2.75, 3.05) is 14.2 Å². The van der Waals surface area contributed by atoms with E-state index in [4.69, 9.17) is 15.9 Å². The molecule has 0 spiro atoms. The van der Waals surface area contributed by atoms with Crippen molar-refractivity contribution in [3.8, 4) is 12.3 Å². The number of hydrogen-bond donors (Lipinski definition) is 1. The molecule has 2 saturated carbocycles. The van der Waals surface area contributed by atoms with E-state index in [9.17, 15) is 5.11 Å². The molecule has 26 heavy (non-hydrogen) atoms. The molecule has 0 aromatic rings. The van der Waals surface area contributed by atoms with Crippen LogP contribution in [0.3, 0.4) is 0 Å². The van der Waals surface area contributed by atoms with Crippen LogP contribution in [0.4, 0.5) is 0 Å². The number of fused-ring (bicyclic) bond motifs is 4. The van der Waals surface area contributed by atoms with Gasteiger partial charge >= 0.3 is 0 Å². The zero-order valence-electron chi connectivity index (χ0n) is 16.8. The highest BCUT2D eigenvalue weighted by atomic mass is 16.7. The van der Waals surface area contributed by atoms with Gasteiger partial charge in [-0.1, -0.05) is 30.9 Å². The van der Waals surface area contributed by atoms with E-state index in [1.165, 1.54) is 0 Å². The topological polar surface area (TPSA) is 38.7 Å². The van der Waals surface area contributed by atoms with Crippen LogP contribution in [0.2, 0.25) is 0 Å². The quantitative estimate of drug-likeness (QED) is 0.454. The summed E-state index contributed by atoms with van der Waals surface area (Å²) in [6.45, 7) is 4.68. The van der Waals surface area contributed by atoms with Gasteiger partial charge in [-0.15, -0.1) is 6.42 Å². The van der Waals surface area contributed by atoms with Gasteiger partial charge in [-0.2, -0.15) is 0 Å². The van der Waals surface area contributed by atoms with E-state index in [0.717, 1.165) is 51.4 Å². The Hall–Kier alpha value is -0.820. The fourth-order valence-corrected chi connectivity index (χ4v) is 7.29. The Labute approximate surface area is 158 Å². The molecule has 4 rings (SSSR count). The van der Waals surface area contributed by atoms with Gasteiger partial charge in [0.2, 0.25) is 0 Å². The van der Waals surface area contributed by atoms with Crippen LogP contribution in [-0.4, -0.2) is 30.7 Å². The number of rotatable bonds is 2. The Balaban J connectivity index is 1.67. The van der Waals surface area contributed by atoms with Crippen molar-refractivity contribution in [1.29, 1.82) is 0 Å². The van der Waals surface area contributed by atoms with Crippen molar-refractivity contribution >= 4 is 0 Å². The highest BCUT2D eigenvalue weighted by Gasteiger charge is 2.62. The maximum atomic E-state index is 11.1. The third-order valence-electron chi connectivity index (χ3n) is 8.85. The van der Waals surface area contributed by atoms with E-state index in [-0.39, 0.29) is 5.41 Å². The summed E-state index contributed by atoms with van der Waals surface area (Å²) in [6, 6.07) is 0. The first kappa shape index (κ1) is 18.5. The third kappa shape index (κ3) is 2.32. The summed E-state index contributed by atoms with van der Waals surface area (Å²) in [6.07, 6.45) is 13.9. The minimum Gasteiger partial charge on any atom is -0.377 e. The number of aliphatic hydroxyl groups is 1. The molecular formula is C23H34O3. The number of allylic oxidation sites excluding steroid dienone is 1. The average molecular weight is 359 g/mol. The third-order valence-corrected chi connectivity index (χ3v) is 8.85. The second-order valence-electron chi connectivity index (χ2n) is 9.60. The van der Waals surface area contributed by atoms with Crippen molar-refractivity contribution in [3.05, 3.63) is 11.1 Å². The smallest absolute Gasteiger partial charge is 0.171 e. The molecular weight excluding hydrogens is 324 g/mol. The summed E-state index contributed by atoms with van der Waals surface area (Å²) < 4.78 is 11.5. The summed E-state index contributed by atoms with van der Waals surface area (Å²) in [4.78, 5) is 0. The maximum absolute atomic E-state index is 11.1. The lowest BCUT2D eigenvalue weighted by Crippen LogP contribution is -2.53. The zero-order chi connectivity index (χ0) is 18.7. The molecule has 1 N–H and O–H groups in total. The minimum atomic E-state index is -0.912. The van der Waals surface area contributed by atoms with E-state index >= 15 is 0 Å². The van der Waals surface area contributed by atoms with E-state index in [2.05, 4.69) is 19.8 Å². The molecule has 2 fully saturated rings. The molecule has 0 heterocycles. The van der Waals surface area contributed by atoms with E-state index in [1.807, 2.05) is 0 Å². The maximum Gasteiger partial charge on any atom is 0.171 e. The van der Waals surface area contributed by atoms with Gasteiger partial charge in [-0.3, -0.25) is 0 Å². The molecule has 0 saturated heterocycles. The van der Waals surface area contributed by atoms with Crippen LogP contribution in [0.25, 0.3) is 0 Å². The lowest BCUT2D eigenvalue weighted by molar-refractivity contribution is -0.214. The lowest BCUT2D eigenvalue weighted by Gasteiger charge is -2.56. The van der Waals surface area contributed by atoms with Gasteiger partial charge in [0.25, 0.3) is 0 Å². The molecule has 144 valence electrons. The molecule has 6 unspecified atom stereocenters. The van der Waals surface area contributed by atoms with Crippen LogP contribution in [0.15, 0.2) is 11.1 Å². The van der Waals surface area contributed by atoms with Crippen LogP contribution in [0.5, 0.6) is 0 Å². The Morgan fingerprint density at radius 3 is 2.54 bits per heavy atom. The van der Waals surface area contributed by atoms with Crippen molar-refractivity contribution in [2.24, 2.45) is 29.1 Å². The average Bonchev–Trinajstić information content (AvgIpc) is 2.93. The molecule has 3 heteroatoms. The van der Waals surface area contributed by atoms with Gasteiger partial charge in [-0.25, -0.2) is 0 Å². The van der Waals surface area contributed by atoms with Crippen LogP contribution in [-0.2, 0) is 9.47 Å². The SMILES string of the molecule is C#CC1(O)CCC2C3C(C)CC4=C(CCC(OC)(OC)C4)C3CCC21C. The second-order valence-corrected chi connectivity index (χ2v) is 9.60. The summed E-state index contributed by atoms with van der Waals surface area (Å²) in [7, 11) is 3.55. The van der Waals surface area contributed by atoms with Gasteiger partial charge in [0, 0.05) is 32.5 Å². The first-order valence-corrected chi connectivity index (χ1v) is 10.3. The van der Waals surface area contributed by atoms with Gasteiger partial charge in [-0.05, 0) is 62.2 Å². The lowest BCUT2D eigenvalue weighted by atomic mass is 9.50. The fourth-order valence-electron chi connectivity index (χ4n) is 7.29. The zero-order valence-corrected chi connectivity index (χ0v) is 16.8. The Morgan fingerprint density at radius 1 is 1.15 bits per heavy atom. The van der Waals surface area contributed by atoms with Crippen molar-refractivity contribution < 1.29 is 14.6 Å². The summed E-state index contributed by atoms with van der Waals surface area (Å²) in [5.41, 5.74) is 2.25. The van der Waals surface area contributed by atoms with Crippen LogP contribution in [0, 0.1) is 41.4 Å². The van der Waals surface area contributed by atoms with Gasteiger partial charge in [0.15, 0.2) is 5.79 Å². The predicted molar refractivity (Wildman–Crippen MR) is 102 cm³/mol. The summed E-state index contributed by atoms with van der Waals surface area (Å²) >= 11 is 0. The van der Waals surface area contributed by atoms with Crippen molar-refractivity contribution in [3.63, 3.8) is 0 Å². The molecule has 4 aliphatic rings. The molecule has 0 aromatic carbocycles. The Morgan fingerprint density at radius 2 is 1.88 bits per heavy atom. The first-order valence-electron chi connectivity index (χ1n) is 10.3. The highest BCUT2D eigenvalue weighted by Crippen LogP contribution is 2.65. The number of hydrogen-bond acceptors (Lipinski definition) is 3. The number of methoxy groups -OCH3 is 2. The first-order chi connectivity index (χ1) is 12.3. The normalized spacial score (nSPS) is 46.9. The molecule has 0 bridgehead atoms. The highest BCUT2D eigenvalue weighted by molar-refractivity contribution is 5.31.